The van der Waals surface area contributed by atoms with E-state index in [9.17, 15) is 4.79 Å². The number of ether oxygens (including phenoxy) is 2. The van der Waals surface area contributed by atoms with Gasteiger partial charge >= 0.3 is 0 Å². The van der Waals surface area contributed by atoms with E-state index < -0.39 is 0 Å². The smallest absolute Gasteiger partial charge is 0.254 e. The highest BCUT2D eigenvalue weighted by atomic mass is 16.5. The van der Waals surface area contributed by atoms with Gasteiger partial charge in [0.2, 0.25) is 0 Å². The maximum atomic E-state index is 12.6. The predicted octanol–water partition coefficient (Wildman–Crippen LogP) is 1.92. The summed E-state index contributed by atoms with van der Waals surface area (Å²) in [6.45, 7) is 9.35. The average molecular weight is 292 g/mol. The maximum Gasteiger partial charge on any atom is 0.254 e. The summed E-state index contributed by atoms with van der Waals surface area (Å²) in [4.78, 5) is 14.5. The van der Waals surface area contributed by atoms with Gasteiger partial charge in [0.15, 0.2) is 11.5 Å². The molecule has 1 aromatic carbocycles. The van der Waals surface area contributed by atoms with Crippen LogP contribution in [0.1, 0.15) is 31.1 Å². The summed E-state index contributed by atoms with van der Waals surface area (Å²) in [6.07, 6.45) is 0. The molecule has 0 aromatic heterocycles. The van der Waals surface area contributed by atoms with Gasteiger partial charge in [0.25, 0.3) is 5.91 Å². The van der Waals surface area contributed by atoms with Crippen LogP contribution < -0.4 is 14.8 Å². The quantitative estimate of drug-likeness (QED) is 0.901. The molecule has 116 valence electrons. The van der Waals surface area contributed by atoms with Crippen LogP contribution in [0, 0.1) is 0 Å². The molecule has 1 saturated heterocycles. The van der Waals surface area contributed by atoms with Gasteiger partial charge in [0, 0.05) is 31.2 Å². The van der Waals surface area contributed by atoms with Gasteiger partial charge in [-0.2, -0.15) is 0 Å². The fraction of sp³-hybridized carbons (Fsp3) is 0.562. The molecule has 1 amide bonds. The van der Waals surface area contributed by atoms with E-state index in [4.69, 9.17) is 9.47 Å². The fourth-order valence-corrected chi connectivity index (χ4v) is 2.48. The first-order valence-corrected chi connectivity index (χ1v) is 7.58. The minimum absolute atomic E-state index is 0.0485. The summed E-state index contributed by atoms with van der Waals surface area (Å²) in [5, 5.41) is 3.34. The van der Waals surface area contributed by atoms with E-state index in [0.717, 1.165) is 19.6 Å². The largest absolute Gasteiger partial charge is 0.490 e. The molecule has 1 aliphatic heterocycles. The molecular formula is C16H24N2O3. The number of nitrogens with zero attached hydrogens (tertiary/aromatic N) is 1. The Morgan fingerprint density at radius 2 is 2.00 bits per heavy atom. The van der Waals surface area contributed by atoms with Crippen molar-refractivity contribution in [3.8, 4) is 11.5 Å². The molecule has 1 N–H and O–H groups in total. The van der Waals surface area contributed by atoms with Gasteiger partial charge in [-0.25, -0.2) is 0 Å². The maximum absolute atomic E-state index is 12.6. The highest BCUT2D eigenvalue weighted by Crippen LogP contribution is 2.29. The predicted molar refractivity (Wildman–Crippen MR) is 82.1 cm³/mol. The van der Waals surface area contributed by atoms with Gasteiger partial charge in [0.05, 0.1) is 13.2 Å². The second kappa shape index (κ2) is 7.31. The molecule has 0 unspecified atom stereocenters. The lowest BCUT2D eigenvalue weighted by Crippen LogP contribution is -2.51. The average Bonchev–Trinajstić information content (AvgIpc) is 2.49. The fourth-order valence-electron chi connectivity index (χ4n) is 2.48. The number of carbonyl (C=O) groups excluding carboxylic acids is 1. The SMILES string of the molecule is CCOc1ccc(C(=O)N2CCN[C@@H](C)C2)cc1OCC. The first-order chi connectivity index (χ1) is 10.2. The molecule has 2 rings (SSSR count). The highest BCUT2D eigenvalue weighted by Gasteiger charge is 2.22. The Labute approximate surface area is 126 Å². The van der Waals surface area contributed by atoms with Crippen molar-refractivity contribution >= 4 is 5.91 Å². The highest BCUT2D eigenvalue weighted by molar-refractivity contribution is 5.95. The lowest BCUT2D eigenvalue weighted by Gasteiger charge is -2.32. The summed E-state index contributed by atoms with van der Waals surface area (Å²) in [6, 6.07) is 5.73. The molecule has 1 aliphatic rings. The summed E-state index contributed by atoms with van der Waals surface area (Å²) in [5.74, 6) is 1.37. The van der Waals surface area contributed by atoms with E-state index in [0.29, 0.717) is 36.3 Å². The molecule has 1 atom stereocenters. The Hall–Kier alpha value is -1.75. The van der Waals surface area contributed by atoms with Gasteiger partial charge < -0.3 is 19.7 Å². The molecule has 1 aromatic rings. The second-order valence-corrected chi connectivity index (χ2v) is 5.13. The van der Waals surface area contributed by atoms with Gasteiger partial charge in [-0.1, -0.05) is 0 Å². The number of amides is 1. The molecule has 0 spiro atoms. The molecule has 0 bridgehead atoms. The molecule has 5 heteroatoms. The van der Waals surface area contributed by atoms with Crippen LogP contribution in [0.3, 0.4) is 0 Å². The van der Waals surface area contributed by atoms with Crippen molar-refractivity contribution < 1.29 is 14.3 Å². The molecule has 1 heterocycles. The minimum atomic E-state index is 0.0485. The third-order valence-corrected chi connectivity index (χ3v) is 3.45. The van der Waals surface area contributed by atoms with Gasteiger partial charge in [-0.05, 0) is 39.0 Å². The normalized spacial score (nSPS) is 18.4. The van der Waals surface area contributed by atoms with E-state index in [1.807, 2.05) is 30.9 Å². The van der Waals surface area contributed by atoms with Gasteiger partial charge in [-0.3, -0.25) is 4.79 Å². The minimum Gasteiger partial charge on any atom is -0.490 e. The topological polar surface area (TPSA) is 50.8 Å². The summed E-state index contributed by atoms with van der Waals surface area (Å²) in [5.41, 5.74) is 0.649. The van der Waals surface area contributed by atoms with Crippen molar-refractivity contribution in [2.45, 2.75) is 26.8 Å². The third kappa shape index (κ3) is 3.88. The van der Waals surface area contributed by atoms with Crippen LogP contribution in [-0.4, -0.2) is 49.7 Å². The van der Waals surface area contributed by atoms with E-state index in [2.05, 4.69) is 12.2 Å². The molecule has 0 aliphatic carbocycles. The van der Waals surface area contributed by atoms with Crippen molar-refractivity contribution in [3.63, 3.8) is 0 Å². The van der Waals surface area contributed by atoms with Gasteiger partial charge in [0.1, 0.15) is 0 Å². The van der Waals surface area contributed by atoms with Crippen LogP contribution in [0.4, 0.5) is 0 Å². The van der Waals surface area contributed by atoms with Crippen molar-refractivity contribution in [3.05, 3.63) is 23.8 Å². The lowest BCUT2D eigenvalue weighted by molar-refractivity contribution is 0.0708. The zero-order valence-corrected chi connectivity index (χ0v) is 13.0. The number of benzene rings is 1. The third-order valence-electron chi connectivity index (χ3n) is 3.45. The number of nitrogens with one attached hydrogen (secondary N) is 1. The first-order valence-electron chi connectivity index (χ1n) is 7.58. The standard InChI is InChI=1S/C16H24N2O3/c1-4-20-14-7-6-13(10-15(14)21-5-2)16(19)18-9-8-17-12(3)11-18/h6-7,10,12,17H,4-5,8-9,11H2,1-3H3/t12-/m0/s1. The Balaban J connectivity index is 2.18. The van der Waals surface area contributed by atoms with Crippen LogP contribution in [0.15, 0.2) is 18.2 Å². The van der Waals surface area contributed by atoms with Crippen molar-refractivity contribution in [2.75, 3.05) is 32.8 Å². The molecule has 0 saturated carbocycles. The molecular weight excluding hydrogens is 268 g/mol. The van der Waals surface area contributed by atoms with Crippen LogP contribution in [0.5, 0.6) is 11.5 Å². The number of rotatable bonds is 5. The van der Waals surface area contributed by atoms with Crippen molar-refractivity contribution in [2.24, 2.45) is 0 Å². The van der Waals surface area contributed by atoms with E-state index >= 15 is 0 Å². The van der Waals surface area contributed by atoms with Crippen molar-refractivity contribution in [1.29, 1.82) is 0 Å². The summed E-state index contributed by atoms with van der Waals surface area (Å²) >= 11 is 0. The monoisotopic (exact) mass is 292 g/mol. The molecule has 5 nitrogen and oxygen atoms in total. The Morgan fingerprint density at radius 1 is 1.29 bits per heavy atom. The summed E-state index contributed by atoms with van der Waals surface area (Å²) in [7, 11) is 0. The van der Waals surface area contributed by atoms with E-state index in [1.165, 1.54) is 0 Å². The number of hydrogen-bond donors (Lipinski definition) is 1. The van der Waals surface area contributed by atoms with E-state index in [1.54, 1.807) is 6.07 Å². The Kier molecular flexibility index (Phi) is 5.44. The Morgan fingerprint density at radius 3 is 2.67 bits per heavy atom. The van der Waals surface area contributed by atoms with Crippen LogP contribution >= 0.6 is 0 Å². The van der Waals surface area contributed by atoms with Crippen LogP contribution in [0.25, 0.3) is 0 Å². The van der Waals surface area contributed by atoms with Crippen LogP contribution in [-0.2, 0) is 0 Å². The summed E-state index contributed by atoms with van der Waals surface area (Å²) < 4.78 is 11.1. The Bertz CT molecular complexity index is 490. The zero-order valence-electron chi connectivity index (χ0n) is 13.0. The zero-order chi connectivity index (χ0) is 15.2. The second-order valence-electron chi connectivity index (χ2n) is 5.13. The lowest BCUT2D eigenvalue weighted by atomic mass is 10.1. The number of carbonyl (C=O) groups is 1. The first kappa shape index (κ1) is 15.6. The molecule has 21 heavy (non-hydrogen) atoms. The number of hydrogen-bond acceptors (Lipinski definition) is 4. The van der Waals surface area contributed by atoms with Crippen LogP contribution in [0.2, 0.25) is 0 Å². The number of piperazine rings is 1. The molecule has 0 radical (unpaired) electrons. The van der Waals surface area contributed by atoms with E-state index in [-0.39, 0.29) is 5.91 Å². The van der Waals surface area contributed by atoms with Gasteiger partial charge in [-0.15, -0.1) is 0 Å². The molecule has 1 fully saturated rings. The van der Waals surface area contributed by atoms with Crippen molar-refractivity contribution in [1.82, 2.24) is 10.2 Å².